The van der Waals surface area contributed by atoms with Crippen LogP contribution in [0.2, 0.25) is 0 Å². The zero-order valence-corrected chi connectivity index (χ0v) is 10.7. The molecule has 19 heavy (non-hydrogen) atoms. The standard InChI is InChI=1S/C12H15N5O2/c1-12(2,6-18)16-11(19)9-3-4-14-10(5-9)17-8-13-7-15-17/h3-5,7-8,18H,6H2,1-2H3,(H,16,19). The number of aliphatic hydroxyl groups is 1. The van der Waals surface area contributed by atoms with Crippen LogP contribution >= 0.6 is 0 Å². The maximum atomic E-state index is 12.0. The van der Waals surface area contributed by atoms with E-state index >= 15 is 0 Å². The Hall–Kier alpha value is -2.28. The third kappa shape index (κ3) is 3.14. The summed E-state index contributed by atoms with van der Waals surface area (Å²) in [6.45, 7) is 3.34. The molecule has 0 saturated heterocycles. The molecule has 2 aromatic heterocycles. The molecule has 0 aliphatic heterocycles. The average molecular weight is 261 g/mol. The molecule has 0 spiro atoms. The van der Waals surface area contributed by atoms with Crippen molar-refractivity contribution in [2.75, 3.05) is 6.61 Å². The van der Waals surface area contributed by atoms with Gasteiger partial charge in [0.25, 0.3) is 5.91 Å². The van der Waals surface area contributed by atoms with Crippen LogP contribution in [0.25, 0.3) is 5.82 Å². The highest BCUT2D eigenvalue weighted by molar-refractivity contribution is 5.94. The lowest BCUT2D eigenvalue weighted by molar-refractivity contribution is 0.0869. The van der Waals surface area contributed by atoms with Gasteiger partial charge in [-0.15, -0.1) is 0 Å². The summed E-state index contributed by atoms with van der Waals surface area (Å²) < 4.78 is 1.47. The van der Waals surface area contributed by atoms with Gasteiger partial charge in [-0.1, -0.05) is 0 Å². The molecular weight excluding hydrogens is 246 g/mol. The number of aromatic nitrogens is 4. The summed E-state index contributed by atoms with van der Waals surface area (Å²) in [6, 6.07) is 3.21. The smallest absolute Gasteiger partial charge is 0.251 e. The highest BCUT2D eigenvalue weighted by Crippen LogP contribution is 2.08. The number of carbonyl (C=O) groups is 1. The predicted octanol–water partition coefficient (Wildman–Crippen LogP) is 0.163. The van der Waals surface area contributed by atoms with Crippen molar-refractivity contribution in [1.29, 1.82) is 0 Å². The third-order valence-electron chi connectivity index (χ3n) is 2.51. The number of nitrogens with zero attached hydrogens (tertiary/aromatic N) is 4. The van der Waals surface area contributed by atoms with Crippen LogP contribution in [-0.4, -0.2) is 42.9 Å². The van der Waals surface area contributed by atoms with Crippen LogP contribution in [0.15, 0.2) is 31.0 Å². The normalized spacial score (nSPS) is 11.3. The fourth-order valence-corrected chi connectivity index (χ4v) is 1.43. The van der Waals surface area contributed by atoms with Gasteiger partial charge in [0.15, 0.2) is 5.82 Å². The molecule has 0 bridgehead atoms. The minimum Gasteiger partial charge on any atom is -0.394 e. The summed E-state index contributed by atoms with van der Waals surface area (Å²) in [5, 5.41) is 15.8. The maximum absolute atomic E-state index is 12.0. The van der Waals surface area contributed by atoms with E-state index in [4.69, 9.17) is 5.11 Å². The Morgan fingerprint density at radius 2 is 2.32 bits per heavy atom. The van der Waals surface area contributed by atoms with E-state index in [1.54, 1.807) is 26.0 Å². The van der Waals surface area contributed by atoms with E-state index < -0.39 is 5.54 Å². The lowest BCUT2D eigenvalue weighted by atomic mass is 10.1. The van der Waals surface area contributed by atoms with Gasteiger partial charge in [-0.2, -0.15) is 5.10 Å². The molecule has 0 fully saturated rings. The second kappa shape index (κ2) is 5.15. The van der Waals surface area contributed by atoms with E-state index in [-0.39, 0.29) is 12.5 Å². The first kappa shape index (κ1) is 13.2. The lowest BCUT2D eigenvalue weighted by Gasteiger charge is -2.23. The molecular formula is C12H15N5O2. The molecule has 0 atom stereocenters. The Kier molecular flexibility index (Phi) is 3.57. The summed E-state index contributed by atoms with van der Waals surface area (Å²) in [5.74, 6) is 0.231. The number of nitrogens with one attached hydrogen (secondary N) is 1. The number of rotatable bonds is 4. The topological polar surface area (TPSA) is 92.9 Å². The van der Waals surface area contributed by atoms with E-state index in [2.05, 4.69) is 20.4 Å². The van der Waals surface area contributed by atoms with Crippen molar-refractivity contribution in [1.82, 2.24) is 25.1 Å². The van der Waals surface area contributed by atoms with Crippen molar-refractivity contribution in [2.24, 2.45) is 0 Å². The first-order valence-electron chi connectivity index (χ1n) is 5.76. The van der Waals surface area contributed by atoms with Gasteiger partial charge >= 0.3 is 0 Å². The summed E-state index contributed by atoms with van der Waals surface area (Å²) >= 11 is 0. The number of hydrogen-bond donors (Lipinski definition) is 2. The molecule has 2 N–H and O–H groups in total. The molecule has 7 heteroatoms. The molecule has 0 aromatic carbocycles. The van der Waals surface area contributed by atoms with Gasteiger partial charge in [-0.25, -0.2) is 14.6 Å². The first-order valence-corrected chi connectivity index (χ1v) is 5.76. The van der Waals surface area contributed by atoms with Crippen LogP contribution in [0, 0.1) is 0 Å². The van der Waals surface area contributed by atoms with Gasteiger partial charge in [0, 0.05) is 11.8 Å². The third-order valence-corrected chi connectivity index (χ3v) is 2.51. The minimum absolute atomic E-state index is 0.139. The molecule has 0 radical (unpaired) electrons. The predicted molar refractivity (Wildman–Crippen MR) is 67.8 cm³/mol. The zero-order chi connectivity index (χ0) is 13.9. The molecule has 0 unspecified atom stereocenters. The van der Waals surface area contributed by atoms with Gasteiger partial charge in [-0.05, 0) is 26.0 Å². The van der Waals surface area contributed by atoms with Crippen LogP contribution in [0.4, 0.5) is 0 Å². The number of pyridine rings is 1. The SMILES string of the molecule is CC(C)(CO)NC(=O)c1ccnc(-n2cncn2)c1. The minimum atomic E-state index is -0.673. The van der Waals surface area contributed by atoms with Crippen molar-refractivity contribution in [2.45, 2.75) is 19.4 Å². The summed E-state index contributed by atoms with van der Waals surface area (Å²) in [5.41, 5.74) is -0.227. The quantitative estimate of drug-likeness (QED) is 0.818. The van der Waals surface area contributed by atoms with Crippen LogP contribution in [0.5, 0.6) is 0 Å². The second-order valence-corrected chi connectivity index (χ2v) is 4.74. The number of aliphatic hydroxyl groups excluding tert-OH is 1. The lowest BCUT2D eigenvalue weighted by Crippen LogP contribution is -2.46. The van der Waals surface area contributed by atoms with Crippen LogP contribution < -0.4 is 5.32 Å². The van der Waals surface area contributed by atoms with Crippen molar-refractivity contribution >= 4 is 5.91 Å². The molecule has 2 heterocycles. The largest absolute Gasteiger partial charge is 0.394 e. The summed E-state index contributed by atoms with van der Waals surface area (Å²) in [4.78, 5) is 20.0. The van der Waals surface area contributed by atoms with E-state index in [0.717, 1.165) is 0 Å². The van der Waals surface area contributed by atoms with Crippen molar-refractivity contribution < 1.29 is 9.90 Å². The molecule has 2 rings (SSSR count). The molecule has 0 saturated carbocycles. The van der Waals surface area contributed by atoms with Crippen molar-refractivity contribution in [3.63, 3.8) is 0 Å². The Labute approximate surface area is 110 Å². The van der Waals surface area contributed by atoms with E-state index in [1.807, 2.05) is 0 Å². The highest BCUT2D eigenvalue weighted by Gasteiger charge is 2.20. The van der Waals surface area contributed by atoms with E-state index in [9.17, 15) is 4.79 Å². The Bertz CT molecular complexity index is 565. The first-order chi connectivity index (χ1) is 9.02. The Balaban J connectivity index is 2.22. The van der Waals surface area contributed by atoms with Gasteiger partial charge in [0.05, 0.1) is 12.1 Å². The maximum Gasteiger partial charge on any atom is 0.251 e. The molecule has 1 amide bonds. The number of amides is 1. The van der Waals surface area contributed by atoms with Gasteiger partial charge in [0.2, 0.25) is 0 Å². The van der Waals surface area contributed by atoms with Crippen LogP contribution in [0.1, 0.15) is 24.2 Å². The molecule has 7 nitrogen and oxygen atoms in total. The molecule has 100 valence electrons. The van der Waals surface area contributed by atoms with E-state index in [1.165, 1.54) is 23.5 Å². The highest BCUT2D eigenvalue weighted by atomic mass is 16.3. The monoisotopic (exact) mass is 261 g/mol. The fraction of sp³-hybridized carbons (Fsp3) is 0.333. The van der Waals surface area contributed by atoms with Crippen molar-refractivity contribution in [3.8, 4) is 5.82 Å². The summed E-state index contributed by atoms with van der Waals surface area (Å²) in [6.07, 6.45) is 4.42. The Morgan fingerprint density at radius 3 is 2.95 bits per heavy atom. The van der Waals surface area contributed by atoms with Crippen LogP contribution in [-0.2, 0) is 0 Å². The fourth-order valence-electron chi connectivity index (χ4n) is 1.43. The van der Waals surface area contributed by atoms with Crippen LogP contribution in [0.3, 0.4) is 0 Å². The van der Waals surface area contributed by atoms with Gasteiger partial charge in [0.1, 0.15) is 12.7 Å². The number of carbonyl (C=O) groups excluding carboxylic acids is 1. The average Bonchev–Trinajstić information content (AvgIpc) is 2.92. The van der Waals surface area contributed by atoms with Gasteiger partial charge < -0.3 is 10.4 Å². The summed E-state index contributed by atoms with van der Waals surface area (Å²) in [7, 11) is 0. The molecule has 0 aliphatic carbocycles. The zero-order valence-electron chi connectivity index (χ0n) is 10.7. The molecule has 0 aliphatic rings. The second-order valence-electron chi connectivity index (χ2n) is 4.74. The van der Waals surface area contributed by atoms with Crippen molar-refractivity contribution in [3.05, 3.63) is 36.5 Å². The Morgan fingerprint density at radius 1 is 1.53 bits per heavy atom. The van der Waals surface area contributed by atoms with E-state index in [0.29, 0.717) is 11.4 Å². The number of hydrogen-bond acceptors (Lipinski definition) is 5. The molecule has 2 aromatic rings. The van der Waals surface area contributed by atoms with Gasteiger partial charge in [-0.3, -0.25) is 4.79 Å².